The van der Waals surface area contributed by atoms with Gasteiger partial charge in [-0.3, -0.25) is 9.69 Å². The van der Waals surface area contributed by atoms with Crippen molar-refractivity contribution in [2.45, 2.75) is 33.1 Å². The highest BCUT2D eigenvalue weighted by molar-refractivity contribution is 7.17. The summed E-state index contributed by atoms with van der Waals surface area (Å²) in [4.78, 5) is 31.2. The molecule has 1 aliphatic carbocycles. The molecular weight excluding hydrogens is 446 g/mol. The van der Waals surface area contributed by atoms with E-state index in [2.05, 4.69) is 28.1 Å². The molecule has 4 rings (SSSR count). The van der Waals surface area contributed by atoms with Gasteiger partial charge in [0.2, 0.25) is 5.91 Å². The highest BCUT2D eigenvalue weighted by Crippen LogP contribution is 2.40. The van der Waals surface area contributed by atoms with Gasteiger partial charge in [-0.05, 0) is 55.9 Å². The van der Waals surface area contributed by atoms with Crippen LogP contribution in [-0.2, 0) is 22.4 Å². The van der Waals surface area contributed by atoms with Crippen LogP contribution in [0.3, 0.4) is 0 Å². The first-order chi connectivity index (χ1) is 15.4. The lowest BCUT2D eigenvalue weighted by Gasteiger charge is -2.35. The molecule has 32 heavy (non-hydrogen) atoms. The highest BCUT2D eigenvalue weighted by Gasteiger charge is 2.29. The van der Waals surface area contributed by atoms with Crippen molar-refractivity contribution < 1.29 is 14.3 Å². The number of carbonyl (C=O) groups excluding carboxylic acids is 2. The van der Waals surface area contributed by atoms with E-state index in [1.54, 1.807) is 6.92 Å². The molecule has 2 heterocycles. The number of amides is 1. The molecule has 1 amide bonds. The molecule has 1 unspecified atom stereocenters. The van der Waals surface area contributed by atoms with E-state index in [0.29, 0.717) is 29.6 Å². The van der Waals surface area contributed by atoms with Crippen LogP contribution in [0.15, 0.2) is 24.3 Å². The molecule has 1 aliphatic heterocycles. The molecule has 1 saturated heterocycles. The largest absolute Gasteiger partial charge is 0.462 e. The Labute approximate surface area is 198 Å². The summed E-state index contributed by atoms with van der Waals surface area (Å²) in [6.07, 6.45) is 2.87. The van der Waals surface area contributed by atoms with Gasteiger partial charge >= 0.3 is 5.97 Å². The van der Waals surface area contributed by atoms with E-state index in [1.165, 1.54) is 16.2 Å². The number of ether oxygens (including phenoxy) is 1. The molecular formula is C24H30ClN3O3S. The molecule has 1 N–H and O–H groups in total. The highest BCUT2D eigenvalue weighted by atomic mass is 35.5. The molecule has 8 heteroatoms. The van der Waals surface area contributed by atoms with Crippen LogP contribution >= 0.6 is 22.9 Å². The van der Waals surface area contributed by atoms with Crippen molar-refractivity contribution in [2.75, 3.05) is 49.5 Å². The summed E-state index contributed by atoms with van der Waals surface area (Å²) in [7, 11) is 0. The topological polar surface area (TPSA) is 61.9 Å². The molecule has 0 radical (unpaired) electrons. The number of rotatable bonds is 6. The van der Waals surface area contributed by atoms with Crippen LogP contribution in [0.1, 0.15) is 41.1 Å². The molecule has 1 atom stereocenters. The second kappa shape index (κ2) is 10.2. The zero-order valence-corrected chi connectivity index (χ0v) is 20.2. The first-order valence-corrected chi connectivity index (χ1v) is 12.5. The Bertz CT molecular complexity index is 985. The number of hydrogen-bond acceptors (Lipinski definition) is 6. The molecule has 1 fully saturated rings. The summed E-state index contributed by atoms with van der Waals surface area (Å²) in [6, 6.07) is 7.87. The minimum absolute atomic E-state index is 0.0848. The van der Waals surface area contributed by atoms with Gasteiger partial charge in [-0.25, -0.2) is 4.79 Å². The summed E-state index contributed by atoms with van der Waals surface area (Å²) in [6.45, 7) is 7.94. The standard InChI is InChI=1S/C24H30ClN3O3S/c1-3-31-24(30)22-19-8-7-16(2)13-20(19)32-23(22)26-21(29)15-27-9-11-28(12-10-27)18-6-4-5-17(25)14-18/h4-6,14,16H,3,7-13,15H2,1-2H3,(H,26,29). The van der Waals surface area contributed by atoms with Gasteiger partial charge < -0.3 is 15.0 Å². The first kappa shape index (κ1) is 23.1. The SMILES string of the molecule is CCOC(=O)c1c(NC(=O)CN2CCN(c3cccc(Cl)c3)CC2)sc2c1CCC(C)C2. The lowest BCUT2D eigenvalue weighted by molar-refractivity contribution is -0.117. The molecule has 2 aromatic rings. The summed E-state index contributed by atoms with van der Waals surface area (Å²) in [5.41, 5.74) is 2.74. The average Bonchev–Trinajstić information content (AvgIpc) is 3.11. The third-order valence-electron chi connectivity index (χ3n) is 6.16. The molecule has 0 bridgehead atoms. The number of halogens is 1. The molecule has 172 valence electrons. The van der Waals surface area contributed by atoms with Crippen LogP contribution in [0.5, 0.6) is 0 Å². The van der Waals surface area contributed by atoms with Crippen molar-refractivity contribution in [3.05, 3.63) is 45.3 Å². The number of carbonyl (C=O) groups is 2. The number of esters is 1. The van der Waals surface area contributed by atoms with E-state index in [9.17, 15) is 9.59 Å². The van der Waals surface area contributed by atoms with Crippen LogP contribution < -0.4 is 10.2 Å². The quantitative estimate of drug-likeness (QED) is 0.625. The van der Waals surface area contributed by atoms with Gasteiger partial charge in [0, 0.05) is 41.8 Å². The summed E-state index contributed by atoms with van der Waals surface area (Å²) in [5, 5.41) is 4.40. The Hall–Kier alpha value is -2.09. The van der Waals surface area contributed by atoms with Gasteiger partial charge in [0.15, 0.2) is 0 Å². The van der Waals surface area contributed by atoms with E-state index in [-0.39, 0.29) is 11.9 Å². The maximum Gasteiger partial charge on any atom is 0.341 e. The van der Waals surface area contributed by atoms with Crippen LogP contribution in [0, 0.1) is 5.92 Å². The summed E-state index contributed by atoms with van der Waals surface area (Å²) in [5.74, 6) is 0.180. The maximum absolute atomic E-state index is 12.9. The monoisotopic (exact) mass is 475 g/mol. The first-order valence-electron chi connectivity index (χ1n) is 11.3. The Morgan fingerprint density at radius 1 is 1.25 bits per heavy atom. The Balaban J connectivity index is 1.39. The second-order valence-electron chi connectivity index (χ2n) is 8.57. The van der Waals surface area contributed by atoms with Crippen molar-refractivity contribution in [3.8, 4) is 0 Å². The fourth-order valence-electron chi connectivity index (χ4n) is 4.46. The zero-order valence-electron chi connectivity index (χ0n) is 18.7. The number of anilines is 2. The zero-order chi connectivity index (χ0) is 22.7. The predicted octanol–water partition coefficient (Wildman–Crippen LogP) is 4.46. The Morgan fingerprint density at radius 3 is 2.75 bits per heavy atom. The van der Waals surface area contributed by atoms with Gasteiger partial charge in [-0.15, -0.1) is 11.3 Å². The molecule has 0 saturated carbocycles. The number of fused-ring (bicyclic) bond motifs is 1. The van der Waals surface area contributed by atoms with Gasteiger partial charge in [0.25, 0.3) is 0 Å². The van der Waals surface area contributed by atoms with E-state index < -0.39 is 0 Å². The van der Waals surface area contributed by atoms with E-state index in [1.807, 2.05) is 18.2 Å². The fourth-order valence-corrected chi connectivity index (χ4v) is 6.06. The normalized spacial score (nSPS) is 18.8. The van der Waals surface area contributed by atoms with Crippen molar-refractivity contribution in [3.63, 3.8) is 0 Å². The Morgan fingerprint density at radius 2 is 2.03 bits per heavy atom. The minimum atomic E-state index is -0.329. The fraction of sp³-hybridized carbons (Fsp3) is 0.500. The van der Waals surface area contributed by atoms with Gasteiger partial charge in [0.1, 0.15) is 5.00 Å². The van der Waals surface area contributed by atoms with Gasteiger partial charge in [-0.1, -0.05) is 24.6 Å². The summed E-state index contributed by atoms with van der Waals surface area (Å²) >= 11 is 7.65. The van der Waals surface area contributed by atoms with Crippen LogP contribution in [0.25, 0.3) is 0 Å². The number of thiophene rings is 1. The summed E-state index contributed by atoms with van der Waals surface area (Å²) < 4.78 is 5.30. The van der Waals surface area contributed by atoms with Crippen LogP contribution in [0.4, 0.5) is 10.7 Å². The molecule has 0 spiro atoms. The van der Waals surface area contributed by atoms with E-state index >= 15 is 0 Å². The van der Waals surface area contributed by atoms with Crippen LogP contribution in [-0.4, -0.2) is 56.1 Å². The number of hydrogen-bond donors (Lipinski definition) is 1. The molecule has 1 aromatic carbocycles. The van der Waals surface area contributed by atoms with Crippen molar-refractivity contribution in [1.82, 2.24) is 4.90 Å². The van der Waals surface area contributed by atoms with Gasteiger partial charge in [0.05, 0.1) is 18.7 Å². The molecule has 1 aromatic heterocycles. The van der Waals surface area contributed by atoms with Crippen LogP contribution in [0.2, 0.25) is 5.02 Å². The maximum atomic E-state index is 12.9. The lowest BCUT2D eigenvalue weighted by Crippen LogP contribution is -2.48. The number of piperazine rings is 1. The third kappa shape index (κ3) is 5.27. The number of benzene rings is 1. The van der Waals surface area contributed by atoms with Gasteiger partial charge in [-0.2, -0.15) is 0 Å². The minimum Gasteiger partial charge on any atom is -0.462 e. The molecule has 2 aliphatic rings. The lowest BCUT2D eigenvalue weighted by atomic mass is 9.88. The Kier molecular flexibility index (Phi) is 7.38. The van der Waals surface area contributed by atoms with Crippen molar-refractivity contribution in [1.29, 1.82) is 0 Å². The van der Waals surface area contributed by atoms with E-state index in [0.717, 1.165) is 61.7 Å². The molecule has 6 nitrogen and oxygen atoms in total. The number of nitrogens with zero attached hydrogens (tertiary/aromatic N) is 2. The second-order valence-corrected chi connectivity index (χ2v) is 10.1. The average molecular weight is 476 g/mol. The smallest absolute Gasteiger partial charge is 0.341 e. The van der Waals surface area contributed by atoms with E-state index in [4.69, 9.17) is 16.3 Å². The third-order valence-corrected chi connectivity index (χ3v) is 7.56. The van der Waals surface area contributed by atoms with Crippen molar-refractivity contribution in [2.24, 2.45) is 5.92 Å². The number of nitrogens with one attached hydrogen (secondary N) is 1. The van der Waals surface area contributed by atoms with Crippen molar-refractivity contribution >= 4 is 45.5 Å². The predicted molar refractivity (Wildman–Crippen MR) is 130 cm³/mol.